The van der Waals surface area contributed by atoms with Crippen LogP contribution in [-0.2, 0) is 0 Å². The molecule has 0 amide bonds. The van der Waals surface area contributed by atoms with Crippen molar-refractivity contribution in [2.45, 2.75) is 0 Å². The maximum absolute atomic E-state index is 13.1. The molecular weight excluding hydrogens is 388 g/mol. The zero-order valence-corrected chi connectivity index (χ0v) is 15.7. The van der Waals surface area contributed by atoms with Gasteiger partial charge >= 0.3 is 0 Å². The maximum Gasteiger partial charge on any atom is 0.265 e. The fourth-order valence-electron chi connectivity index (χ4n) is 3.33. The second-order valence-corrected chi connectivity index (χ2v) is 6.94. The smallest absolute Gasteiger partial charge is 0.265 e. The van der Waals surface area contributed by atoms with Crippen molar-refractivity contribution >= 4 is 33.4 Å². The highest BCUT2D eigenvalue weighted by Crippen LogP contribution is 2.18. The summed E-state index contributed by atoms with van der Waals surface area (Å²) in [6.07, 6.45) is 4.91. The highest BCUT2D eigenvalue weighted by Gasteiger charge is 2.11. The molecule has 0 atom stereocenters. The Hall–Kier alpha value is -3.77. The van der Waals surface area contributed by atoms with Crippen LogP contribution in [-0.4, -0.2) is 19.1 Å². The first-order valence-corrected chi connectivity index (χ1v) is 9.25. The van der Waals surface area contributed by atoms with E-state index in [-0.39, 0.29) is 11.1 Å². The Morgan fingerprint density at radius 1 is 0.759 bits per heavy atom. The van der Waals surface area contributed by atoms with Crippen LogP contribution in [0.2, 0.25) is 5.02 Å². The van der Waals surface area contributed by atoms with Crippen LogP contribution in [0.4, 0.5) is 0 Å². The van der Waals surface area contributed by atoms with Crippen LogP contribution in [0.25, 0.3) is 33.3 Å². The third kappa shape index (κ3) is 2.90. The summed E-state index contributed by atoms with van der Waals surface area (Å²) in [6.45, 7) is 0. The molecule has 140 valence electrons. The van der Waals surface area contributed by atoms with E-state index in [2.05, 4.69) is 9.97 Å². The van der Waals surface area contributed by atoms with Gasteiger partial charge in [0, 0.05) is 23.6 Å². The van der Waals surface area contributed by atoms with E-state index in [1.165, 1.54) is 9.13 Å². The molecule has 0 saturated carbocycles. The second kappa shape index (κ2) is 6.68. The van der Waals surface area contributed by atoms with Crippen molar-refractivity contribution in [3.05, 3.63) is 105 Å². The SMILES string of the molecule is O=c1c2cc3c(=O)n(-c4ccccn4)ccc3nc2ccn1-c1cccc(Cl)c1. The van der Waals surface area contributed by atoms with Crippen molar-refractivity contribution < 1.29 is 0 Å². The lowest BCUT2D eigenvalue weighted by Gasteiger charge is -2.09. The Balaban J connectivity index is 1.79. The number of fused-ring (bicyclic) bond motifs is 2. The highest BCUT2D eigenvalue weighted by atomic mass is 35.5. The molecule has 0 saturated heterocycles. The van der Waals surface area contributed by atoms with Crippen molar-refractivity contribution in [2.24, 2.45) is 0 Å². The lowest BCUT2D eigenvalue weighted by molar-refractivity contribution is 0.953. The van der Waals surface area contributed by atoms with E-state index in [9.17, 15) is 9.59 Å². The van der Waals surface area contributed by atoms with E-state index in [4.69, 9.17) is 11.6 Å². The fourth-order valence-corrected chi connectivity index (χ4v) is 3.51. The Morgan fingerprint density at radius 3 is 2.17 bits per heavy atom. The summed E-state index contributed by atoms with van der Waals surface area (Å²) in [4.78, 5) is 34.9. The lowest BCUT2D eigenvalue weighted by Crippen LogP contribution is -2.21. The summed E-state index contributed by atoms with van der Waals surface area (Å²) >= 11 is 6.06. The summed E-state index contributed by atoms with van der Waals surface area (Å²) in [7, 11) is 0. The average molecular weight is 401 g/mol. The normalized spacial score (nSPS) is 11.2. The van der Waals surface area contributed by atoms with Crippen LogP contribution < -0.4 is 11.1 Å². The van der Waals surface area contributed by atoms with Gasteiger partial charge in [-0.3, -0.25) is 18.7 Å². The maximum atomic E-state index is 13.1. The van der Waals surface area contributed by atoms with Gasteiger partial charge in [0.25, 0.3) is 11.1 Å². The van der Waals surface area contributed by atoms with Crippen LogP contribution in [0.5, 0.6) is 0 Å². The van der Waals surface area contributed by atoms with Gasteiger partial charge in [0.05, 0.1) is 27.5 Å². The molecule has 29 heavy (non-hydrogen) atoms. The Morgan fingerprint density at radius 2 is 1.48 bits per heavy atom. The Kier molecular flexibility index (Phi) is 4.00. The molecule has 0 radical (unpaired) electrons. The molecular formula is C22H13ClN4O2. The Labute approximate surface area is 169 Å². The number of halogens is 1. The first-order chi connectivity index (χ1) is 14.1. The molecule has 5 aromatic rings. The first kappa shape index (κ1) is 17.3. The van der Waals surface area contributed by atoms with E-state index >= 15 is 0 Å². The van der Waals surface area contributed by atoms with Crippen LogP contribution >= 0.6 is 11.6 Å². The van der Waals surface area contributed by atoms with Gasteiger partial charge in [-0.05, 0) is 48.5 Å². The third-order valence-corrected chi connectivity index (χ3v) is 4.96. The summed E-state index contributed by atoms with van der Waals surface area (Å²) < 4.78 is 2.93. The molecule has 0 bridgehead atoms. The Bertz CT molecular complexity index is 1510. The average Bonchev–Trinajstić information content (AvgIpc) is 2.74. The topological polar surface area (TPSA) is 69.8 Å². The number of hydrogen-bond donors (Lipinski definition) is 0. The van der Waals surface area contributed by atoms with Crippen molar-refractivity contribution in [1.82, 2.24) is 19.1 Å². The minimum atomic E-state index is -0.284. The number of pyridine rings is 4. The van der Waals surface area contributed by atoms with Gasteiger partial charge in [-0.15, -0.1) is 0 Å². The molecule has 0 unspecified atom stereocenters. The number of rotatable bonds is 2. The van der Waals surface area contributed by atoms with Crippen LogP contribution in [0.3, 0.4) is 0 Å². The van der Waals surface area contributed by atoms with E-state index < -0.39 is 0 Å². The summed E-state index contributed by atoms with van der Waals surface area (Å²) in [6, 6.07) is 17.4. The molecule has 0 aliphatic heterocycles. The van der Waals surface area contributed by atoms with Crippen molar-refractivity contribution in [3.8, 4) is 11.5 Å². The van der Waals surface area contributed by atoms with E-state index in [0.29, 0.717) is 38.3 Å². The van der Waals surface area contributed by atoms with E-state index in [1.54, 1.807) is 79.3 Å². The predicted molar refractivity (Wildman–Crippen MR) is 113 cm³/mol. The minimum Gasteiger partial charge on any atom is -0.284 e. The molecule has 7 heteroatoms. The monoisotopic (exact) mass is 400 g/mol. The van der Waals surface area contributed by atoms with E-state index in [0.717, 1.165) is 0 Å². The van der Waals surface area contributed by atoms with E-state index in [1.807, 2.05) is 0 Å². The molecule has 0 spiro atoms. The van der Waals surface area contributed by atoms with Gasteiger partial charge in [-0.2, -0.15) is 0 Å². The van der Waals surface area contributed by atoms with Crippen LogP contribution in [0.15, 0.2) is 88.8 Å². The number of aromatic nitrogens is 4. The van der Waals surface area contributed by atoms with Gasteiger partial charge < -0.3 is 0 Å². The summed E-state index contributed by atoms with van der Waals surface area (Å²) in [5, 5.41) is 1.24. The molecule has 4 aromatic heterocycles. The molecule has 0 N–H and O–H groups in total. The lowest BCUT2D eigenvalue weighted by atomic mass is 10.2. The second-order valence-electron chi connectivity index (χ2n) is 6.50. The molecule has 6 nitrogen and oxygen atoms in total. The zero-order chi connectivity index (χ0) is 20.0. The van der Waals surface area contributed by atoms with Crippen molar-refractivity contribution in [3.63, 3.8) is 0 Å². The molecule has 4 heterocycles. The number of nitrogens with zero attached hydrogens (tertiary/aromatic N) is 4. The number of hydrogen-bond acceptors (Lipinski definition) is 4. The van der Waals surface area contributed by atoms with Gasteiger partial charge in [0.1, 0.15) is 5.82 Å². The minimum absolute atomic E-state index is 0.271. The third-order valence-electron chi connectivity index (χ3n) is 4.73. The fraction of sp³-hybridized carbons (Fsp3) is 0. The predicted octanol–water partition coefficient (Wildman–Crippen LogP) is 3.74. The molecule has 0 aliphatic carbocycles. The highest BCUT2D eigenvalue weighted by molar-refractivity contribution is 6.30. The van der Waals surface area contributed by atoms with Crippen LogP contribution in [0.1, 0.15) is 0 Å². The first-order valence-electron chi connectivity index (χ1n) is 8.87. The standard InChI is InChI=1S/C22H13ClN4O2/c23-14-4-3-5-15(12-14)26-10-7-18-16(21(26)28)13-17-19(25-18)8-11-27(22(17)29)20-6-1-2-9-24-20/h1-13H. The van der Waals surface area contributed by atoms with Crippen molar-refractivity contribution in [2.75, 3.05) is 0 Å². The van der Waals surface area contributed by atoms with Gasteiger partial charge in [0.15, 0.2) is 0 Å². The summed E-state index contributed by atoms with van der Waals surface area (Å²) in [5.74, 6) is 0.504. The molecule has 1 aromatic carbocycles. The zero-order valence-electron chi connectivity index (χ0n) is 15.0. The van der Waals surface area contributed by atoms with Gasteiger partial charge in [0.2, 0.25) is 0 Å². The summed E-state index contributed by atoms with van der Waals surface area (Å²) in [5.41, 5.74) is 1.13. The van der Waals surface area contributed by atoms with Gasteiger partial charge in [-0.1, -0.05) is 23.7 Å². The largest absolute Gasteiger partial charge is 0.284 e. The van der Waals surface area contributed by atoms with Crippen molar-refractivity contribution in [1.29, 1.82) is 0 Å². The quantitative estimate of drug-likeness (QED) is 0.423. The molecule has 0 aliphatic rings. The molecule has 5 rings (SSSR count). The number of benzene rings is 1. The van der Waals surface area contributed by atoms with Gasteiger partial charge in [-0.25, -0.2) is 9.97 Å². The molecule has 0 fully saturated rings. The van der Waals surface area contributed by atoms with Crippen LogP contribution in [0, 0.1) is 0 Å².